The van der Waals surface area contributed by atoms with Gasteiger partial charge in [0.15, 0.2) is 5.82 Å². The van der Waals surface area contributed by atoms with Gasteiger partial charge in [0.25, 0.3) is 10.0 Å². The normalized spacial score (nSPS) is 11.4. The lowest BCUT2D eigenvalue weighted by atomic mass is 10.2. The number of anilines is 1. The van der Waals surface area contributed by atoms with Crippen LogP contribution in [-0.2, 0) is 10.0 Å². The van der Waals surface area contributed by atoms with E-state index in [-0.39, 0.29) is 4.90 Å². The van der Waals surface area contributed by atoms with Crippen LogP contribution in [-0.4, -0.2) is 28.2 Å². The predicted molar refractivity (Wildman–Crippen MR) is 122 cm³/mol. The quantitative estimate of drug-likeness (QED) is 0.466. The van der Waals surface area contributed by atoms with Crippen LogP contribution in [0.1, 0.15) is 22.5 Å². The molecule has 0 fully saturated rings. The first-order valence-electron chi connectivity index (χ1n) is 9.95. The van der Waals surface area contributed by atoms with Gasteiger partial charge in [-0.25, -0.2) is 23.1 Å². The van der Waals surface area contributed by atoms with Crippen LogP contribution in [0.4, 0.5) is 5.69 Å². The summed E-state index contributed by atoms with van der Waals surface area (Å²) >= 11 is 0. The minimum Gasteiger partial charge on any atom is -0.439 e. The number of hydrogen-bond donors (Lipinski definition) is 1. The Hall–Kier alpha value is -3.72. The second-order valence-electron chi connectivity index (χ2n) is 7.47. The summed E-state index contributed by atoms with van der Waals surface area (Å²) in [6, 6.07) is 15.1. The third-order valence-corrected chi connectivity index (χ3v) is 6.51. The molecule has 0 spiro atoms. The number of ether oxygens (including phenoxy) is 1. The topological polar surface area (TPSA) is 99.0 Å². The van der Waals surface area contributed by atoms with E-state index in [2.05, 4.69) is 19.8 Å². The third-order valence-electron chi connectivity index (χ3n) is 5.13. The molecule has 0 radical (unpaired) electrons. The van der Waals surface area contributed by atoms with E-state index in [1.165, 1.54) is 6.33 Å². The monoisotopic (exact) mass is 449 g/mol. The number of benzene rings is 2. The Balaban J connectivity index is 1.50. The number of hydrogen-bond acceptors (Lipinski definition) is 6. The molecule has 164 valence electrons. The van der Waals surface area contributed by atoms with Crippen molar-refractivity contribution in [3.05, 3.63) is 83.4 Å². The Bertz CT molecular complexity index is 1380. The lowest BCUT2D eigenvalue weighted by Gasteiger charge is -2.10. The molecule has 9 heteroatoms. The first kappa shape index (κ1) is 21.5. The first-order valence-corrected chi connectivity index (χ1v) is 11.4. The standard InChI is InChI=1S/C23H23N5O3S/c1-15-6-5-7-21(12-15)32(29,30)27-19-8-10-20(11-9-19)31-23-13-22(24-14-25-23)28-18(4)16(2)17(3)26-28/h5-14,27H,1-4H3. The Morgan fingerprint density at radius 2 is 1.69 bits per heavy atom. The molecule has 2 heterocycles. The Morgan fingerprint density at radius 3 is 2.34 bits per heavy atom. The average molecular weight is 450 g/mol. The summed E-state index contributed by atoms with van der Waals surface area (Å²) in [4.78, 5) is 8.67. The molecule has 0 saturated carbocycles. The highest BCUT2D eigenvalue weighted by Gasteiger charge is 2.15. The van der Waals surface area contributed by atoms with Crippen LogP contribution in [0, 0.1) is 27.7 Å². The van der Waals surface area contributed by atoms with Gasteiger partial charge in [0.1, 0.15) is 12.1 Å². The Kier molecular flexibility index (Phi) is 5.67. The number of rotatable bonds is 6. The molecule has 1 N–H and O–H groups in total. The van der Waals surface area contributed by atoms with E-state index in [9.17, 15) is 8.42 Å². The van der Waals surface area contributed by atoms with Crippen molar-refractivity contribution in [1.82, 2.24) is 19.7 Å². The highest BCUT2D eigenvalue weighted by atomic mass is 32.2. The van der Waals surface area contributed by atoms with Crippen LogP contribution in [0.25, 0.3) is 5.82 Å². The minimum absolute atomic E-state index is 0.214. The molecule has 2 aromatic heterocycles. The summed E-state index contributed by atoms with van der Waals surface area (Å²) in [6.07, 6.45) is 1.42. The summed E-state index contributed by atoms with van der Waals surface area (Å²) in [6.45, 7) is 7.79. The Labute approximate surface area is 187 Å². The summed E-state index contributed by atoms with van der Waals surface area (Å²) in [5.41, 5.74) is 4.34. The number of aryl methyl sites for hydroxylation is 2. The molecule has 0 amide bonds. The van der Waals surface area contributed by atoms with Crippen molar-refractivity contribution in [3.8, 4) is 17.4 Å². The highest BCUT2D eigenvalue weighted by molar-refractivity contribution is 7.92. The van der Waals surface area contributed by atoms with E-state index < -0.39 is 10.0 Å². The molecule has 0 aliphatic carbocycles. The predicted octanol–water partition coefficient (Wildman–Crippen LogP) is 4.49. The fourth-order valence-electron chi connectivity index (χ4n) is 3.15. The minimum atomic E-state index is -3.67. The summed E-state index contributed by atoms with van der Waals surface area (Å²) < 4.78 is 35.3. The number of sulfonamides is 1. The third kappa shape index (κ3) is 4.47. The van der Waals surface area contributed by atoms with Gasteiger partial charge in [-0.15, -0.1) is 0 Å². The van der Waals surface area contributed by atoms with Gasteiger partial charge < -0.3 is 4.74 Å². The summed E-state index contributed by atoms with van der Waals surface area (Å²) in [5, 5.41) is 4.51. The molecular weight excluding hydrogens is 426 g/mol. The molecule has 8 nitrogen and oxygen atoms in total. The zero-order chi connectivity index (χ0) is 22.9. The van der Waals surface area contributed by atoms with E-state index >= 15 is 0 Å². The average Bonchev–Trinajstić information content (AvgIpc) is 3.02. The largest absolute Gasteiger partial charge is 0.439 e. The van der Waals surface area contributed by atoms with Crippen molar-refractivity contribution >= 4 is 15.7 Å². The molecule has 4 aromatic rings. The summed E-state index contributed by atoms with van der Waals surface area (Å²) in [5.74, 6) is 1.47. The molecule has 32 heavy (non-hydrogen) atoms. The zero-order valence-electron chi connectivity index (χ0n) is 18.2. The molecular formula is C23H23N5O3S. The van der Waals surface area contributed by atoms with Crippen molar-refractivity contribution < 1.29 is 13.2 Å². The SMILES string of the molecule is Cc1cccc(S(=O)(=O)Nc2ccc(Oc3cc(-n4nc(C)c(C)c4C)ncn3)cc2)c1. The van der Waals surface area contributed by atoms with Crippen molar-refractivity contribution in [2.24, 2.45) is 0 Å². The van der Waals surface area contributed by atoms with E-state index in [0.717, 1.165) is 22.5 Å². The molecule has 0 bridgehead atoms. The molecule has 0 saturated heterocycles. The van der Waals surface area contributed by atoms with E-state index in [1.807, 2.05) is 33.8 Å². The van der Waals surface area contributed by atoms with Gasteiger partial charge in [-0.05, 0) is 75.2 Å². The van der Waals surface area contributed by atoms with E-state index in [1.54, 1.807) is 53.2 Å². The van der Waals surface area contributed by atoms with Crippen LogP contribution in [0.2, 0.25) is 0 Å². The van der Waals surface area contributed by atoms with Gasteiger partial charge in [0.05, 0.1) is 10.6 Å². The van der Waals surface area contributed by atoms with Gasteiger partial charge in [-0.2, -0.15) is 5.10 Å². The van der Waals surface area contributed by atoms with Gasteiger partial charge in [-0.3, -0.25) is 4.72 Å². The molecule has 0 aliphatic heterocycles. The van der Waals surface area contributed by atoms with Gasteiger partial charge in [0, 0.05) is 17.4 Å². The fourth-order valence-corrected chi connectivity index (χ4v) is 4.32. The Morgan fingerprint density at radius 1 is 0.938 bits per heavy atom. The van der Waals surface area contributed by atoms with Gasteiger partial charge in [0.2, 0.25) is 5.88 Å². The molecule has 2 aromatic carbocycles. The molecule has 0 unspecified atom stereocenters. The van der Waals surface area contributed by atoms with Crippen LogP contribution in [0.3, 0.4) is 0 Å². The molecule has 0 aliphatic rings. The van der Waals surface area contributed by atoms with Crippen LogP contribution >= 0.6 is 0 Å². The smallest absolute Gasteiger partial charge is 0.261 e. The number of aromatic nitrogens is 4. The van der Waals surface area contributed by atoms with Crippen molar-refractivity contribution in [1.29, 1.82) is 0 Å². The highest BCUT2D eigenvalue weighted by Crippen LogP contribution is 2.25. The van der Waals surface area contributed by atoms with Crippen LogP contribution in [0.5, 0.6) is 11.6 Å². The maximum atomic E-state index is 12.6. The second kappa shape index (κ2) is 8.43. The summed E-state index contributed by atoms with van der Waals surface area (Å²) in [7, 11) is -3.67. The number of nitrogens with one attached hydrogen (secondary N) is 1. The van der Waals surface area contributed by atoms with Crippen LogP contribution in [0.15, 0.2) is 65.8 Å². The maximum absolute atomic E-state index is 12.6. The molecule has 0 atom stereocenters. The van der Waals surface area contributed by atoms with Crippen molar-refractivity contribution in [2.75, 3.05) is 4.72 Å². The van der Waals surface area contributed by atoms with Gasteiger partial charge >= 0.3 is 0 Å². The lowest BCUT2D eigenvalue weighted by molar-refractivity contribution is 0.460. The second-order valence-corrected chi connectivity index (χ2v) is 9.15. The van der Waals surface area contributed by atoms with Crippen molar-refractivity contribution in [3.63, 3.8) is 0 Å². The van der Waals surface area contributed by atoms with Gasteiger partial charge in [-0.1, -0.05) is 12.1 Å². The molecule has 4 rings (SSSR count). The van der Waals surface area contributed by atoms with E-state index in [0.29, 0.717) is 23.1 Å². The van der Waals surface area contributed by atoms with E-state index in [4.69, 9.17) is 4.74 Å². The fraction of sp³-hybridized carbons (Fsp3) is 0.174. The maximum Gasteiger partial charge on any atom is 0.261 e. The van der Waals surface area contributed by atoms with Crippen molar-refractivity contribution in [2.45, 2.75) is 32.6 Å². The lowest BCUT2D eigenvalue weighted by Crippen LogP contribution is -2.12. The first-order chi connectivity index (χ1) is 15.2. The van der Waals surface area contributed by atoms with Crippen LogP contribution < -0.4 is 9.46 Å². The number of nitrogens with zero attached hydrogens (tertiary/aromatic N) is 4. The zero-order valence-corrected chi connectivity index (χ0v) is 19.0.